The molecule has 1 amide bonds. The van der Waals surface area contributed by atoms with Gasteiger partial charge in [0.1, 0.15) is 6.10 Å². The molecule has 6 rings (SSSR count). The van der Waals surface area contributed by atoms with Gasteiger partial charge in [-0.25, -0.2) is 4.79 Å². The molecule has 3 N–H and O–H groups in total. The highest BCUT2D eigenvalue weighted by Gasteiger charge is 2.73. The predicted octanol–water partition coefficient (Wildman–Crippen LogP) is 1.56. The summed E-state index contributed by atoms with van der Waals surface area (Å²) in [6, 6.07) is 3.30. The van der Waals surface area contributed by atoms with Crippen molar-refractivity contribution in [2.45, 2.75) is 74.7 Å². The van der Waals surface area contributed by atoms with E-state index in [4.69, 9.17) is 9.47 Å². The summed E-state index contributed by atoms with van der Waals surface area (Å²) in [5, 5.41) is 26.1. The number of carbonyl (C=O) groups excluding carboxylic acids is 2. The first-order valence-electron chi connectivity index (χ1n) is 12.5. The monoisotopic (exact) mass is 468 g/mol. The van der Waals surface area contributed by atoms with Gasteiger partial charge >= 0.3 is 5.97 Å². The van der Waals surface area contributed by atoms with Gasteiger partial charge < -0.3 is 25.0 Å². The number of nitrogens with zero attached hydrogens (tertiary/aromatic N) is 1. The third-order valence-electron chi connectivity index (χ3n) is 8.75. The second-order valence-corrected chi connectivity index (χ2v) is 10.5. The van der Waals surface area contributed by atoms with E-state index in [2.05, 4.69) is 10.2 Å². The Kier molecular flexibility index (Phi) is 4.97. The molecule has 2 saturated carbocycles. The van der Waals surface area contributed by atoms with Gasteiger partial charge in [0.05, 0.1) is 23.7 Å². The van der Waals surface area contributed by atoms with Gasteiger partial charge in [-0.05, 0) is 69.5 Å². The Morgan fingerprint density at radius 1 is 1.26 bits per heavy atom. The summed E-state index contributed by atoms with van der Waals surface area (Å²) in [4.78, 5) is 26.8. The maximum atomic E-state index is 12.7. The molecule has 3 aliphatic carbocycles. The summed E-state index contributed by atoms with van der Waals surface area (Å²) in [5.74, 6) is 0.301. The minimum absolute atomic E-state index is 0.00342. The highest BCUT2D eigenvalue weighted by molar-refractivity contribution is 5.94. The molecule has 0 aromatic heterocycles. The number of hydrogen-bond acceptors (Lipinski definition) is 7. The highest BCUT2D eigenvalue weighted by atomic mass is 16.5. The predicted molar refractivity (Wildman–Crippen MR) is 122 cm³/mol. The number of esters is 1. The number of phenolic OH excluding ortho intramolecular Hbond substituents is 1. The van der Waals surface area contributed by atoms with E-state index in [1.807, 2.05) is 6.07 Å². The van der Waals surface area contributed by atoms with Crippen LogP contribution in [0.15, 0.2) is 24.3 Å². The number of nitrogens with one attached hydrogen (secondary N) is 1. The lowest BCUT2D eigenvalue weighted by Gasteiger charge is -2.64. The molecule has 1 saturated heterocycles. The number of ether oxygens (including phenoxy) is 2. The number of benzene rings is 1. The second kappa shape index (κ2) is 7.71. The molecule has 34 heavy (non-hydrogen) atoms. The van der Waals surface area contributed by atoms with Gasteiger partial charge in [0, 0.05) is 30.3 Å². The molecule has 8 heteroatoms. The lowest BCUT2D eigenvalue weighted by atomic mass is 9.48. The van der Waals surface area contributed by atoms with Gasteiger partial charge in [0.2, 0.25) is 5.91 Å². The first kappa shape index (κ1) is 21.9. The molecule has 0 radical (unpaired) electrons. The van der Waals surface area contributed by atoms with E-state index >= 15 is 0 Å². The Labute approximate surface area is 198 Å². The molecule has 3 fully saturated rings. The zero-order valence-corrected chi connectivity index (χ0v) is 19.5. The normalized spacial score (nSPS) is 35.5. The van der Waals surface area contributed by atoms with Crippen LogP contribution in [0, 0.1) is 5.92 Å². The summed E-state index contributed by atoms with van der Waals surface area (Å²) in [6.07, 6.45) is 6.90. The molecule has 182 valence electrons. The smallest absolute Gasteiger partial charge is 0.330 e. The van der Waals surface area contributed by atoms with Crippen molar-refractivity contribution in [1.29, 1.82) is 0 Å². The van der Waals surface area contributed by atoms with Gasteiger partial charge in [-0.15, -0.1) is 0 Å². The zero-order valence-electron chi connectivity index (χ0n) is 19.5. The summed E-state index contributed by atoms with van der Waals surface area (Å²) in [5.41, 5.74) is 0.391. The van der Waals surface area contributed by atoms with Crippen LogP contribution < -0.4 is 10.1 Å². The molecule has 2 heterocycles. The highest BCUT2D eigenvalue weighted by Crippen LogP contribution is 2.65. The Morgan fingerprint density at radius 2 is 2.09 bits per heavy atom. The quantitative estimate of drug-likeness (QED) is 0.430. The topological polar surface area (TPSA) is 108 Å². The van der Waals surface area contributed by atoms with Gasteiger partial charge in [-0.1, -0.05) is 6.07 Å². The van der Waals surface area contributed by atoms with Crippen LogP contribution in [0.5, 0.6) is 11.5 Å². The summed E-state index contributed by atoms with van der Waals surface area (Å²) < 4.78 is 11.3. The van der Waals surface area contributed by atoms with Crippen molar-refractivity contribution in [3.63, 3.8) is 0 Å². The van der Waals surface area contributed by atoms with Crippen molar-refractivity contribution in [3.05, 3.63) is 35.4 Å². The number of aliphatic hydroxyl groups is 1. The van der Waals surface area contributed by atoms with E-state index in [0.717, 1.165) is 42.6 Å². The average Bonchev–Trinajstić information content (AvgIpc) is 3.55. The van der Waals surface area contributed by atoms with E-state index in [1.54, 1.807) is 13.0 Å². The third-order valence-corrected chi connectivity index (χ3v) is 8.75. The number of aromatic hydroxyl groups is 1. The number of carbonyl (C=O) groups is 2. The molecule has 5 aliphatic rings. The van der Waals surface area contributed by atoms with E-state index < -0.39 is 29.0 Å². The summed E-state index contributed by atoms with van der Waals surface area (Å²) in [6.45, 7) is 3.84. The summed E-state index contributed by atoms with van der Waals surface area (Å²) >= 11 is 0. The maximum absolute atomic E-state index is 12.7. The molecule has 2 bridgehead atoms. The lowest BCUT2D eigenvalue weighted by molar-refractivity contribution is -0.192. The zero-order chi connectivity index (χ0) is 23.7. The fraction of sp³-hybridized carbons (Fsp3) is 0.615. The Morgan fingerprint density at radius 3 is 2.85 bits per heavy atom. The van der Waals surface area contributed by atoms with Crippen molar-refractivity contribution >= 4 is 11.9 Å². The van der Waals surface area contributed by atoms with E-state index in [0.29, 0.717) is 25.0 Å². The number of piperidine rings is 1. The van der Waals surface area contributed by atoms with Crippen LogP contribution >= 0.6 is 0 Å². The fourth-order valence-corrected chi connectivity index (χ4v) is 7.19. The summed E-state index contributed by atoms with van der Waals surface area (Å²) in [7, 11) is 0. The fourth-order valence-electron chi connectivity index (χ4n) is 7.19. The number of likely N-dealkylation sites (tertiary alicyclic amines) is 1. The molecule has 1 spiro atoms. The van der Waals surface area contributed by atoms with Gasteiger partial charge in [-0.2, -0.15) is 0 Å². The molecule has 8 nitrogen and oxygen atoms in total. The van der Waals surface area contributed by atoms with Crippen LogP contribution in [0.25, 0.3) is 0 Å². The number of rotatable bonds is 6. The van der Waals surface area contributed by atoms with E-state index in [9.17, 15) is 19.8 Å². The maximum Gasteiger partial charge on any atom is 0.330 e. The van der Waals surface area contributed by atoms with Crippen LogP contribution in [0.4, 0.5) is 0 Å². The van der Waals surface area contributed by atoms with Crippen LogP contribution in [0.1, 0.15) is 50.2 Å². The Hall–Kier alpha value is -2.58. The first-order chi connectivity index (χ1) is 16.4. The van der Waals surface area contributed by atoms with E-state index in [1.165, 1.54) is 18.9 Å². The molecule has 2 aliphatic heterocycles. The van der Waals surface area contributed by atoms with Gasteiger partial charge in [-0.3, -0.25) is 9.69 Å². The molecule has 3 unspecified atom stereocenters. The van der Waals surface area contributed by atoms with Crippen LogP contribution in [-0.4, -0.2) is 70.5 Å². The van der Waals surface area contributed by atoms with Crippen molar-refractivity contribution < 1.29 is 29.3 Å². The van der Waals surface area contributed by atoms with Crippen LogP contribution in [0.3, 0.4) is 0 Å². The van der Waals surface area contributed by atoms with Crippen molar-refractivity contribution in [1.82, 2.24) is 10.2 Å². The van der Waals surface area contributed by atoms with E-state index in [-0.39, 0.29) is 24.4 Å². The number of amides is 1. The molecule has 1 aromatic carbocycles. The van der Waals surface area contributed by atoms with Gasteiger partial charge in [0.25, 0.3) is 0 Å². The number of phenols is 1. The Bertz CT molecular complexity index is 1070. The third kappa shape index (κ3) is 3.04. The molecular weight excluding hydrogens is 436 g/mol. The van der Waals surface area contributed by atoms with Crippen molar-refractivity contribution in [2.75, 3.05) is 19.7 Å². The number of hydrogen-bond donors (Lipinski definition) is 3. The minimum Gasteiger partial charge on any atom is -0.504 e. The van der Waals surface area contributed by atoms with Gasteiger partial charge in [0.15, 0.2) is 11.5 Å². The Balaban J connectivity index is 1.35. The minimum atomic E-state index is -0.987. The first-order valence-corrected chi connectivity index (χ1v) is 12.5. The van der Waals surface area contributed by atoms with Crippen molar-refractivity contribution in [3.8, 4) is 11.5 Å². The average molecular weight is 469 g/mol. The van der Waals surface area contributed by atoms with Crippen LogP contribution in [0.2, 0.25) is 0 Å². The second-order valence-electron chi connectivity index (χ2n) is 10.5. The standard InChI is InChI=1S/C26H32N2O6/c1-2-33-21(31)8-7-20(30)27-17-9-10-26(32)19-13-16-5-6-18(29)23-22(16)25(26,24(17)34-23)11-12-28(19)14-15-3-4-15/h5-8,15,17,19,24,29,32H,2-4,9-14H2,1H3,(H,27,30)/b8-7+/t17-,19?,24?,25?,26-/m1/s1. The largest absolute Gasteiger partial charge is 0.504 e. The SMILES string of the molecule is CCOC(=O)/C=C/C(=O)N[C@@H]1CC[C@@]2(O)C3Cc4ccc(O)c5c4C2(CCN3CC2CC2)C1O5. The van der Waals surface area contributed by atoms with Crippen molar-refractivity contribution in [2.24, 2.45) is 5.92 Å². The molecular formula is C26H32N2O6. The molecule has 1 aromatic rings. The molecule has 5 atom stereocenters. The lowest BCUT2D eigenvalue weighted by Crippen LogP contribution is -2.78. The van der Waals surface area contributed by atoms with Crippen LogP contribution in [-0.2, 0) is 26.2 Å².